The van der Waals surface area contributed by atoms with Gasteiger partial charge in [-0.3, -0.25) is 4.79 Å². The van der Waals surface area contributed by atoms with Crippen molar-refractivity contribution in [2.75, 3.05) is 25.6 Å². The Morgan fingerprint density at radius 3 is 3.00 bits per heavy atom. The summed E-state index contributed by atoms with van der Waals surface area (Å²) in [6.07, 6.45) is 0.184. The second-order valence-electron chi connectivity index (χ2n) is 4.10. The first-order chi connectivity index (χ1) is 7.61. The van der Waals surface area contributed by atoms with E-state index in [4.69, 9.17) is 9.84 Å². The molecule has 1 atom stereocenters. The van der Waals surface area contributed by atoms with Gasteiger partial charge in [0.1, 0.15) is 5.75 Å². The predicted molar refractivity (Wildman–Crippen MR) is 61.3 cm³/mol. The third kappa shape index (κ3) is 1.83. The van der Waals surface area contributed by atoms with Gasteiger partial charge in [0.05, 0.1) is 13.5 Å². The molecule has 1 N–H and O–H groups in total. The van der Waals surface area contributed by atoms with E-state index in [9.17, 15) is 4.79 Å². The van der Waals surface area contributed by atoms with Gasteiger partial charge < -0.3 is 14.7 Å². The first-order valence-corrected chi connectivity index (χ1v) is 5.22. The van der Waals surface area contributed by atoms with Gasteiger partial charge in [-0.1, -0.05) is 6.07 Å². The molecule has 0 saturated heterocycles. The molecular weight excluding hydrogens is 206 g/mol. The number of carbonyl (C=O) groups is 1. The lowest BCUT2D eigenvalue weighted by Gasteiger charge is -2.12. The van der Waals surface area contributed by atoms with Crippen molar-refractivity contribution in [3.8, 4) is 5.75 Å². The molecule has 1 unspecified atom stereocenters. The van der Waals surface area contributed by atoms with E-state index in [1.807, 2.05) is 25.2 Å². The maximum atomic E-state index is 10.8. The van der Waals surface area contributed by atoms with Crippen LogP contribution in [-0.4, -0.2) is 31.8 Å². The molecule has 0 spiro atoms. The number of hydrogen-bond acceptors (Lipinski definition) is 3. The molecule has 1 heterocycles. The molecule has 0 aromatic heterocycles. The van der Waals surface area contributed by atoms with Gasteiger partial charge in [0.2, 0.25) is 0 Å². The molecule has 4 heteroatoms. The topological polar surface area (TPSA) is 49.8 Å². The van der Waals surface area contributed by atoms with Crippen molar-refractivity contribution in [2.24, 2.45) is 0 Å². The molecule has 2 rings (SSSR count). The molecule has 1 aromatic rings. The van der Waals surface area contributed by atoms with E-state index in [1.165, 1.54) is 0 Å². The Morgan fingerprint density at radius 2 is 2.38 bits per heavy atom. The fraction of sp³-hybridized carbons (Fsp3) is 0.417. The molecule has 1 aromatic carbocycles. The highest BCUT2D eigenvalue weighted by Gasteiger charge is 2.28. The highest BCUT2D eigenvalue weighted by molar-refractivity contribution is 5.71. The number of carboxylic acid groups (broad SMARTS) is 1. The van der Waals surface area contributed by atoms with E-state index in [0.29, 0.717) is 0 Å². The smallest absolute Gasteiger partial charge is 0.304 e. The minimum Gasteiger partial charge on any atom is -0.497 e. The first-order valence-electron chi connectivity index (χ1n) is 5.22. The largest absolute Gasteiger partial charge is 0.497 e. The molecule has 4 nitrogen and oxygen atoms in total. The molecule has 0 saturated carbocycles. The van der Waals surface area contributed by atoms with Crippen LogP contribution in [0.25, 0.3) is 0 Å². The van der Waals surface area contributed by atoms with Crippen LogP contribution >= 0.6 is 0 Å². The summed E-state index contributed by atoms with van der Waals surface area (Å²) in [5, 5.41) is 8.84. The zero-order chi connectivity index (χ0) is 11.7. The molecule has 0 amide bonds. The standard InChI is InChI=1S/C12H15NO3/c1-13-7-8(5-12(14)15)10-4-3-9(16-2)6-11(10)13/h3-4,6,8H,5,7H2,1-2H3,(H,14,15). The molecule has 86 valence electrons. The summed E-state index contributed by atoms with van der Waals surface area (Å²) in [6.45, 7) is 0.759. The molecule has 0 bridgehead atoms. The number of benzene rings is 1. The summed E-state index contributed by atoms with van der Waals surface area (Å²) >= 11 is 0. The van der Waals surface area contributed by atoms with Crippen LogP contribution in [0, 0.1) is 0 Å². The molecule has 16 heavy (non-hydrogen) atoms. The van der Waals surface area contributed by atoms with Gasteiger partial charge in [0.15, 0.2) is 0 Å². The van der Waals surface area contributed by atoms with E-state index >= 15 is 0 Å². The number of aliphatic carboxylic acids is 1. The van der Waals surface area contributed by atoms with Crippen molar-refractivity contribution in [3.05, 3.63) is 23.8 Å². The Kier molecular flexibility index (Phi) is 2.73. The Bertz CT molecular complexity index is 417. The molecule has 0 aliphatic carbocycles. The molecule has 0 radical (unpaired) electrons. The average molecular weight is 221 g/mol. The summed E-state index contributed by atoms with van der Waals surface area (Å²) in [4.78, 5) is 12.8. The van der Waals surface area contributed by atoms with Gasteiger partial charge in [-0.2, -0.15) is 0 Å². The third-order valence-electron chi connectivity index (χ3n) is 3.00. The van der Waals surface area contributed by atoms with Crippen molar-refractivity contribution in [1.82, 2.24) is 0 Å². The number of nitrogens with zero attached hydrogens (tertiary/aromatic N) is 1. The second-order valence-corrected chi connectivity index (χ2v) is 4.10. The van der Waals surface area contributed by atoms with E-state index in [2.05, 4.69) is 4.90 Å². The first kappa shape index (κ1) is 10.8. The summed E-state index contributed by atoms with van der Waals surface area (Å²) in [6, 6.07) is 5.80. The maximum absolute atomic E-state index is 10.8. The average Bonchev–Trinajstić information content (AvgIpc) is 2.54. The fourth-order valence-electron chi connectivity index (χ4n) is 2.24. The molecule has 1 aliphatic heterocycles. The van der Waals surface area contributed by atoms with Crippen LogP contribution in [0.5, 0.6) is 5.75 Å². The number of ether oxygens (including phenoxy) is 1. The van der Waals surface area contributed by atoms with Crippen molar-refractivity contribution >= 4 is 11.7 Å². The van der Waals surface area contributed by atoms with Crippen LogP contribution in [0.4, 0.5) is 5.69 Å². The molecule has 0 fully saturated rings. The van der Waals surface area contributed by atoms with Crippen LogP contribution in [-0.2, 0) is 4.79 Å². The van der Waals surface area contributed by atoms with Crippen LogP contribution in [0.2, 0.25) is 0 Å². The van der Waals surface area contributed by atoms with Gasteiger partial charge >= 0.3 is 5.97 Å². The van der Waals surface area contributed by atoms with Crippen LogP contribution < -0.4 is 9.64 Å². The lowest BCUT2D eigenvalue weighted by atomic mass is 9.98. The van der Waals surface area contributed by atoms with E-state index < -0.39 is 5.97 Å². The number of rotatable bonds is 3. The minimum absolute atomic E-state index is 0.0865. The Hall–Kier alpha value is -1.71. The molecular formula is C12H15NO3. The normalized spacial score (nSPS) is 18.4. The number of hydrogen-bond donors (Lipinski definition) is 1. The van der Waals surface area contributed by atoms with Crippen LogP contribution in [0.3, 0.4) is 0 Å². The van der Waals surface area contributed by atoms with Crippen molar-refractivity contribution < 1.29 is 14.6 Å². The quantitative estimate of drug-likeness (QED) is 0.844. The molecule has 1 aliphatic rings. The Labute approximate surface area is 94.4 Å². The number of carboxylic acids is 1. The van der Waals surface area contributed by atoms with Crippen molar-refractivity contribution in [2.45, 2.75) is 12.3 Å². The van der Waals surface area contributed by atoms with Gasteiger partial charge in [-0.25, -0.2) is 0 Å². The highest BCUT2D eigenvalue weighted by Crippen LogP contribution is 2.39. The number of fused-ring (bicyclic) bond motifs is 1. The monoisotopic (exact) mass is 221 g/mol. The Morgan fingerprint density at radius 1 is 1.62 bits per heavy atom. The van der Waals surface area contributed by atoms with Gasteiger partial charge in [0, 0.05) is 31.3 Å². The van der Waals surface area contributed by atoms with Gasteiger partial charge in [0.25, 0.3) is 0 Å². The van der Waals surface area contributed by atoms with E-state index in [0.717, 1.165) is 23.5 Å². The van der Waals surface area contributed by atoms with Crippen LogP contribution in [0.1, 0.15) is 17.9 Å². The van der Waals surface area contributed by atoms with E-state index in [-0.39, 0.29) is 12.3 Å². The van der Waals surface area contributed by atoms with Gasteiger partial charge in [-0.05, 0) is 11.6 Å². The van der Waals surface area contributed by atoms with Crippen molar-refractivity contribution in [3.63, 3.8) is 0 Å². The number of likely N-dealkylation sites (N-methyl/N-ethyl adjacent to an activating group) is 1. The zero-order valence-electron chi connectivity index (χ0n) is 9.43. The minimum atomic E-state index is -0.748. The van der Waals surface area contributed by atoms with Crippen molar-refractivity contribution in [1.29, 1.82) is 0 Å². The summed E-state index contributed by atoms with van der Waals surface area (Å²) in [5.41, 5.74) is 2.18. The summed E-state index contributed by atoms with van der Waals surface area (Å²) in [5.74, 6) is 0.145. The highest BCUT2D eigenvalue weighted by atomic mass is 16.5. The fourth-order valence-corrected chi connectivity index (χ4v) is 2.24. The predicted octanol–water partition coefficient (Wildman–Crippen LogP) is 1.70. The zero-order valence-corrected chi connectivity index (χ0v) is 9.43. The number of methoxy groups -OCH3 is 1. The Balaban J connectivity index is 2.32. The van der Waals surface area contributed by atoms with E-state index in [1.54, 1.807) is 7.11 Å². The second kappa shape index (κ2) is 4.04. The lowest BCUT2D eigenvalue weighted by molar-refractivity contribution is -0.137. The summed E-state index contributed by atoms with van der Waals surface area (Å²) < 4.78 is 5.16. The van der Waals surface area contributed by atoms with Gasteiger partial charge in [-0.15, -0.1) is 0 Å². The van der Waals surface area contributed by atoms with Crippen LogP contribution in [0.15, 0.2) is 18.2 Å². The SMILES string of the molecule is COc1ccc2c(c1)N(C)CC2CC(=O)O. The lowest BCUT2D eigenvalue weighted by Crippen LogP contribution is -2.16. The summed E-state index contributed by atoms with van der Waals surface area (Å²) in [7, 11) is 3.60. The maximum Gasteiger partial charge on any atom is 0.304 e. The third-order valence-corrected chi connectivity index (χ3v) is 3.00. The number of anilines is 1.